The fraction of sp³-hybridized carbons (Fsp3) is 0.556. The zero-order valence-corrected chi connectivity index (χ0v) is 14.5. The Hall–Kier alpha value is -2.15. The summed E-state index contributed by atoms with van der Waals surface area (Å²) in [5.41, 5.74) is 1.07. The van der Waals surface area contributed by atoms with Crippen molar-refractivity contribution >= 4 is 17.6 Å². The van der Waals surface area contributed by atoms with Crippen LogP contribution in [0.1, 0.15) is 18.4 Å². The average Bonchev–Trinajstić information content (AvgIpc) is 2.65. The second-order valence-electron chi connectivity index (χ2n) is 6.59. The van der Waals surface area contributed by atoms with Gasteiger partial charge in [0.05, 0.1) is 13.2 Å². The van der Waals surface area contributed by atoms with Gasteiger partial charge in [0.15, 0.2) is 0 Å². The Balaban J connectivity index is 1.50. The van der Waals surface area contributed by atoms with Gasteiger partial charge in [0.1, 0.15) is 5.82 Å². The minimum atomic E-state index is -0.291. The molecule has 0 atom stereocenters. The van der Waals surface area contributed by atoms with Crippen LogP contribution in [0.25, 0.3) is 0 Å². The summed E-state index contributed by atoms with van der Waals surface area (Å²) in [4.78, 5) is 28.4. The number of rotatable bonds is 2. The van der Waals surface area contributed by atoms with Gasteiger partial charge in [-0.1, -0.05) is 0 Å². The summed E-state index contributed by atoms with van der Waals surface area (Å²) in [6.45, 7) is 5.27. The van der Waals surface area contributed by atoms with E-state index in [0.717, 1.165) is 0 Å². The molecule has 2 saturated heterocycles. The predicted octanol–water partition coefficient (Wildman–Crippen LogP) is 2.24. The second kappa shape index (κ2) is 7.82. The maximum Gasteiger partial charge on any atom is 0.321 e. The molecule has 2 heterocycles. The van der Waals surface area contributed by atoms with E-state index in [0.29, 0.717) is 63.5 Å². The molecule has 0 spiro atoms. The minimum absolute atomic E-state index is 0.0183. The van der Waals surface area contributed by atoms with Crippen molar-refractivity contribution in [2.75, 3.05) is 44.7 Å². The Bertz CT molecular complexity index is 638. The number of likely N-dealkylation sites (tertiary alicyclic amines) is 1. The number of halogens is 1. The zero-order valence-electron chi connectivity index (χ0n) is 14.5. The molecule has 2 aliphatic rings. The first-order valence-corrected chi connectivity index (χ1v) is 8.73. The van der Waals surface area contributed by atoms with Gasteiger partial charge in [-0.2, -0.15) is 0 Å². The van der Waals surface area contributed by atoms with Crippen LogP contribution in [-0.2, 0) is 9.53 Å². The van der Waals surface area contributed by atoms with Crippen LogP contribution < -0.4 is 5.32 Å². The van der Waals surface area contributed by atoms with Crippen LogP contribution in [-0.4, -0.2) is 61.1 Å². The third-order valence-corrected chi connectivity index (χ3v) is 4.86. The van der Waals surface area contributed by atoms with E-state index >= 15 is 0 Å². The number of hydrogen-bond donors (Lipinski definition) is 1. The lowest BCUT2D eigenvalue weighted by atomic mass is 9.95. The predicted molar refractivity (Wildman–Crippen MR) is 91.9 cm³/mol. The first-order chi connectivity index (χ1) is 12.0. The van der Waals surface area contributed by atoms with Gasteiger partial charge in [-0.3, -0.25) is 4.79 Å². The van der Waals surface area contributed by atoms with Gasteiger partial charge < -0.3 is 19.9 Å². The largest absolute Gasteiger partial charge is 0.378 e. The van der Waals surface area contributed by atoms with Crippen molar-refractivity contribution in [3.8, 4) is 0 Å². The molecule has 0 radical (unpaired) electrons. The minimum Gasteiger partial charge on any atom is -0.378 e. The smallest absolute Gasteiger partial charge is 0.321 e. The number of carbonyl (C=O) groups is 2. The molecule has 0 aromatic heterocycles. The standard InChI is InChI=1S/C18H24FN3O3/c1-13-12-15(2-3-16(13)19)20-18(24)22-6-4-14(5-7-22)17(23)21-8-10-25-11-9-21/h2-3,12,14H,4-11H2,1H3,(H,20,24). The molecule has 6 nitrogen and oxygen atoms in total. The molecular formula is C18H24FN3O3. The maximum absolute atomic E-state index is 13.3. The number of ether oxygens (including phenoxy) is 1. The highest BCUT2D eigenvalue weighted by molar-refractivity contribution is 5.89. The van der Waals surface area contributed by atoms with Gasteiger partial charge in [-0.05, 0) is 43.5 Å². The lowest BCUT2D eigenvalue weighted by molar-refractivity contribution is -0.140. The van der Waals surface area contributed by atoms with Crippen molar-refractivity contribution in [2.45, 2.75) is 19.8 Å². The molecular weight excluding hydrogens is 325 g/mol. The van der Waals surface area contributed by atoms with Crippen molar-refractivity contribution in [3.05, 3.63) is 29.6 Å². The van der Waals surface area contributed by atoms with E-state index in [1.807, 2.05) is 4.90 Å². The first-order valence-electron chi connectivity index (χ1n) is 8.73. The Morgan fingerprint density at radius 1 is 1.12 bits per heavy atom. The van der Waals surface area contributed by atoms with Gasteiger partial charge in [-0.15, -0.1) is 0 Å². The first kappa shape index (κ1) is 17.7. The summed E-state index contributed by atoms with van der Waals surface area (Å²) in [5, 5.41) is 2.80. The van der Waals surface area contributed by atoms with Crippen LogP contribution in [0.15, 0.2) is 18.2 Å². The van der Waals surface area contributed by atoms with Gasteiger partial charge >= 0.3 is 6.03 Å². The topological polar surface area (TPSA) is 61.9 Å². The lowest BCUT2D eigenvalue weighted by Gasteiger charge is -2.35. The van der Waals surface area contributed by atoms with Gasteiger partial charge in [0, 0.05) is 37.8 Å². The monoisotopic (exact) mass is 349 g/mol. The Morgan fingerprint density at radius 2 is 1.80 bits per heavy atom. The molecule has 0 unspecified atom stereocenters. The lowest BCUT2D eigenvalue weighted by Crippen LogP contribution is -2.48. The van der Waals surface area contributed by atoms with Crippen LogP contribution >= 0.6 is 0 Å². The number of nitrogens with zero attached hydrogens (tertiary/aromatic N) is 2. The van der Waals surface area contributed by atoms with Crippen LogP contribution in [0.4, 0.5) is 14.9 Å². The van der Waals surface area contributed by atoms with E-state index in [4.69, 9.17) is 4.74 Å². The summed E-state index contributed by atoms with van der Waals surface area (Å²) in [7, 11) is 0. The molecule has 0 saturated carbocycles. The molecule has 0 aliphatic carbocycles. The van der Waals surface area contributed by atoms with Crippen LogP contribution in [0.2, 0.25) is 0 Å². The van der Waals surface area contributed by atoms with Crippen LogP contribution in [0.5, 0.6) is 0 Å². The number of carbonyl (C=O) groups excluding carboxylic acids is 2. The van der Waals surface area contributed by atoms with Crippen LogP contribution in [0.3, 0.4) is 0 Å². The Labute approximate surface area is 146 Å². The quantitative estimate of drug-likeness (QED) is 0.891. The maximum atomic E-state index is 13.3. The normalized spacial score (nSPS) is 19.0. The molecule has 25 heavy (non-hydrogen) atoms. The number of hydrogen-bond acceptors (Lipinski definition) is 3. The fourth-order valence-corrected chi connectivity index (χ4v) is 3.30. The van der Waals surface area contributed by atoms with Crippen molar-refractivity contribution in [1.82, 2.24) is 9.80 Å². The van der Waals surface area contributed by atoms with Crippen molar-refractivity contribution < 1.29 is 18.7 Å². The van der Waals surface area contributed by atoms with Gasteiger partial charge in [0.2, 0.25) is 5.91 Å². The molecule has 1 aromatic rings. The van der Waals surface area contributed by atoms with Crippen molar-refractivity contribution in [2.24, 2.45) is 5.92 Å². The fourth-order valence-electron chi connectivity index (χ4n) is 3.30. The summed E-state index contributed by atoms with van der Waals surface area (Å²) >= 11 is 0. The van der Waals surface area contributed by atoms with E-state index in [9.17, 15) is 14.0 Å². The molecule has 2 aliphatic heterocycles. The van der Waals surface area contributed by atoms with Gasteiger partial charge in [-0.25, -0.2) is 9.18 Å². The van der Waals surface area contributed by atoms with Crippen molar-refractivity contribution in [1.29, 1.82) is 0 Å². The molecule has 7 heteroatoms. The number of piperidine rings is 1. The average molecular weight is 349 g/mol. The summed E-state index contributed by atoms with van der Waals surface area (Å²) in [6.07, 6.45) is 1.35. The third-order valence-electron chi connectivity index (χ3n) is 4.86. The Morgan fingerprint density at radius 3 is 2.44 bits per heavy atom. The zero-order chi connectivity index (χ0) is 17.8. The third kappa shape index (κ3) is 4.28. The number of benzene rings is 1. The number of urea groups is 1. The van der Waals surface area contributed by atoms with Crippen molar-refractivity contribution in [3.63, 3.8) is 0 Å². The SMILES string of the molecule is Cc1cc(NC(=O)N2CCC(C(=O)N3CCOCC3)CC2)ccc1F. The van der Waals surface area contributed by atoms with E-state index in [1.165, 1.54) is 6.07 Å². The highest BCUT2D eigenvalue weighted by atomic mass is 19.1. The summed E-state index contributed by atoms with van der Waals surface area (Å²) < 4.78 is 18.6. The van der Waals surface area contributed by atoms with E-state index in [1.54, 1.807) is 24.0 Å². The molecule has 1 aromatic carbocycles. The number of morpholine rings is 1. The molecule has 3 amide bonds. The number of nitrogens with one attached hydrogen (secondary N) is 1. The van der Waals surface area contributed by atoms with E-state index < -0.39 is 0 Å². The molecule has 136 valence electrons. The molecule has 2 fully saturated rings. The highest BCUT2D eigenvalue weighted by Gasteiger charge is 2.30. The van der Waals surface area contributed by atoms with Gasteiger partial charge in [0.25, 0.3) is 0 Å². The Kier molecular flexibility index (Phi) is 5.53. The summed E-state index contributed by atoms with van der Waals surface area (Å²) in [5.74, 6) is -0.131. The molecule has 3 rings (SSSR count). The highest BCUT2D eigenvalue weighted by Crippen LogP contribution is 2.21. The molecule has 1 N–H and O–H groups in total. The van der Waals surface area contributed by atoms with E-state index in [2.05, 4.69) is 5.32 Å². The second-order valence-corrected chi connectivity index (χ2v) is 6.59. The summed E-state index contributed by atoms with van der Waals surface area (Å²) in [6, 6.07) is 4.30. The molecule has 0 bridgehead atoms. The number of aryl methyl sites for hydroxylation is 1. The van der Waals surface area contributed by atoms with E-state index in [-0.39, 0.29) is 23.7 Å². The number of amides is 3. The number of anilines is 1. The van der Waals surface area contributed by atoms with Crippen LogP contribution in [0, 0.1) is 18.7 Å².